The van der Waals surface area contributed by atoms with Gasteiger partial charge < -0.3 is 16.2 Å². The van der Waals surface area contributed by atoms with Gasteiger partial charge in [-0.25, -0.2) is 0 Å². The van der Waals surface area contributed by atoms with Crippen LogP contribution in [0.15, 0.2) is 24.3 Å². The summed E-state index contributed by atoms with van der Waals surface area (Å²) in [5.41, 5.74) is 12.2. The number of rotatable bonds is 6. The van der Waals surface area contributed by atoms with Crippen molar-refractivity contribution in [1.82, 2.24) is 4.90 Å². The van der Waals surface area contributed by atoms with Crippen molar-refractivity contribution in [2.24, 2.45) is 11.5 Å². The molecule has 0 aromatic heterocycles. The number of hydrogen-bond acceptors (Lipinski definition) is 4. The molecule has 4 N–H and O–H groups in total. The van der Waals surface area contributed by atoms with Crippen LogP contribution in [-0.2, 0) is 4.79 Å². The van der Waals surface area contributed by atoms with Crippen LogP contribution in [0.1, 0.15) is 18.5 Å². The minimum absolute atomic E-state index is 0.0524. The number of carbonyl (C=O) groups is 1. The van der Waals surface area contributed by atoms with Gasteiger partial charge in [0.1, 0.15) is 5.75 Å². The molecular formula is C13H21N3O2. The molecule has 0 aliphatic rings. The monoisotopic (exact) mass is 251 g/mol. The lowest BCUT2D eigenvalue weighted by atomic mass is 9.99. The minimum atomic E-state index is -0.364. The number of amides is 1. The lowest BCUT2D eigenvalue weighted by molar-refractivity contribution is -0.119. The molecule has 1 rings (SSSR count). The van der Waals surface area contributed by atoms with E-state index in [1.54, 1.807) is 7.11 Å². The smallest absolute Gasteiger partial charge is 0.231 e. The first-order valence-electron chi connectivity index (χ1n) is 5.83. The molecule has 0 fully saturated rings. The number of carbonyl (C=O) groups excluding carboxylic acids is 1. The lowest BCUT2D eigenvalue weighted by Gasteiger charge is -2.30. The third-order valence-electron chi connectivity index (χ3n) is 2.84. The predicted octanol–water partition coefficient (Wildman–Crippen LogP) is 0.501. The molecule has 0 aliphatic carbocycles. The molecule has 18 heavy (non-hydrogen) atoms. The van der Waals surface area contributed by atoms with Gasteiger partial charge in [0.25, 0.3) is 0 Å². The molecule has 2 atom stereocenters. The topological polar surface area (TPSA) is 81.6 Å². The normalized spacial score (nSPS) is 14.3. The molecule has 1 amide bonds. The Morgan fingerprint density at radius 1 is 1.39 bits per heavy atom. The second kappa shape index (κ2) is 6.37. The fourth-order valence-electron chi connectivity index (χ4n) is 2.10. The zero-order chi connectivity index (χ0) is 13.7. The van der Waals surface area contributed by atoms with E-state index in [4.69, 9.17) is 16.2 Å². The Bertz CT molecular complexity index is 390. The van der Waals surface area contributed by atoms with Crippen LogP contribution in [0, 0.1) is 0 Å². The van der Waals surface area contributed by atoms with Crippen LogP contribution in [0.4, 0.5) is 0 Å². The van der Waals surface area contributed by atoms with Gasteiger partial charge >= 0.3 is 0 Å². The SMILES string of the molecule is COc1ccc(C(C(C)N)N(C)CC(N)=O)cc1. The Labute approximate surface area is 108 Å². The van der Waals surface area contributed by atoms with Crippen LogP contribution in [0.5, 0.6) is 5.75 Å². The van der Waals surface area contributed by atoms with Crippen LogP contribution in [0.2, 0.25) is 0 Å². The first kappa shape index (κ1) is 14.5. The molecule has 5 nitrogen and oxygen atoms in total. The number of hydrogen-bond donors (Lipinski definition) is 2. The Balaban J connectivity index is 2.92. The van der Waals surface area contributed by atoms with Crippen molar-refractivity contribution in [2.75, 3.05) is 20.7 Å². The zero-order valence-corrected chi connectivity index (χ0v) is 11.1. The van der Waals surface area contributed by atoms with Crippen molar-refractivity contribution in [1.29, 1.82) is 0 Å². The maximum absolute atomic E-state index is 11.0. The maximum Gasteiger partial charge on any atom is 0.231 e. The number of ether oxygens (including phenoxy) is 1. The molecule has 0 saturated heterocycles. The van der Waals surface area contributed by atoms with Gasteiger partial charge in [-0.2, -0.15) is 0 Å². The van der Waals surface area contributed by atoms with Gasteiger partial charge in [-0.3, -0.25) is 9.69 Å². The number of benzene rings is 1. The number of likely N-dealkylation sites (N-methyl/N-ethyl adjacent to an activating group) is 1. The highest BCUT2D eigenvalue weighted by Gasteiger charge is 2.22. The first-order chi connectivity index (χ1) is 8.45. The Kier molecular flexibility index (Phi) is 5.12. The summed E-state index contributed by atoms with van der Waals surface area (Å²) in [6.07, 6.45) is 0. The number of methoxy groups -OCH3 is 1. The molecule has 5 heteroatoms. The predicted molar refractivity (Wildman–Crippen MR) is 71.2 cm³/mol. The Morgan fingerprint density at radius 3 is 2.33 bits per heavy atom. The summed E-state index contributed by atoms with van der Waals surface area (Å²) < 4.78 is 5.12. The maximum atomic E-state index is 11.0. The van der Waals surface area contributed by atoms with Gasteiger partial charge in [-0.15, -0.1) is 0 Å². The zero-order valence-electron chi connectivity index (χ0n) is 11.1. The average Bonchev–Trinajstić information content (AvgIpc) is 2.28. The Morgan fingerprint density at radius 2 is 1.94 bits per heavy atom. The summed E-state index contributed by atoms with van der Waals surface area (Å²) in [7, 11) is 3.46. The molecule has 100 valence electrons. The van der Waals surface area contributed by atoms with Gasteiger partial charge in [0.2, 0.25) is 5.91 Å². The number of primary amides is 1. The number of nitrogens with two attached hydrogens (primary N) is 2. The Hall–Kier alpha value is -1.59. The molecule has 0 saturated carbocycles. The minimum Gasteiger partial charge on any atom is -0.497 e. The molecule has 0 heterocycles. The summed E-state index contributed by atoms with van der Waals surface area (Å²) in [6.45, 7) is 2.09. The second-order valence-corrected chi connectivity index (χ2v) is 4.46. The van der Waals surface area contributed by atoms with Crippen molar-refractivity contribution in [2.45, 2.75) is 19.0 Å². The van der Waals surface area contributed by atoms with Crippen LogP contribution in [0.25, 0.3) is 0 Å². The van der Waals surface area contributed by atoms with Crippen LogP contribution in [0.3, 0.4) is 0 Å². The van der Waals surface area contributed by atoms with E-state index in [1.165, 1.54) is 0 Å². The summed E-state index contributed by atoms with van der Waals surface area (Å²) in [5.74, 6) is 0.427. The van der Waals surface area contributed by atoms with E-state index in [1.807, 2.05) is 43.1 Å². The second-order valence-electron chi connectivity index (χ2n) is 4.46. The highest BCUT2D eigenvalue weighted by molar-refractivity contribution is 5.75. The highest BCUT2D eigenvalue weighted by Crippen LogP contribution is 2.24. The first-order valence-corrected chi connectivity index (χ1v) is 5.83. The van der Waals surface area contributed by atoms with Crippen molar-refractivity contribution < 1.29 is 9.53 Å². The standard InChI is InChI=1S/C13H21N3O2/c1-9(14)13(16(2)8-12(15)17)10-4-6-11(18-3)7-5-10/h4-7,9,13H,8,14H2,1-3H3,(H2,15,17). The lowest BCUT2D eigenvalue weighted by Crippen LogP contribution is -2.41. The van der Waals surface area contributed by atoms with Crippen molar-refractivity contribution in [3.63, 3.8) is 0 Å². The third-order valence-corrected chi connectivity index (χ3v) is 2.84. The van der Waals surface area contributed by atoms with E-state index in [2.05, 4.69) is 0 Å². The van der Waals surface area contributed by atoms with Gasteiger partial charge in [-0.05, 0) is 31.7 Å². The van der Waals surface area contributed by atoms with E-state index < -0.39 is 0 Å². The molecule has 1 aromatic carbocycles. The van der Waals surface area contributed by atoms with Crippen LogP contribution >= 0.6 is 0 Å². The van der Waals surface area contributed by atoms with E-state index in [0.29, 0.717) is 0 Å². The van der Waals surface area contributed by atoms with Crippen molar-refractivity contribution in [3.05, 3.63) is 29.8 Å². The molecular weight excluding hydrogens is 230 g/mol. The van der Waals surface area contributed by atoms with Crippen LogP contribution in [-0.4, -0.2) is 37.6 Å². The summed E-state index contributed by atoms with van der Waals surface area (Å²) >= 11 is 0. The quantitative estimate of drug-likeness (QED) is 0.771. The van der Waals surface area contributed by atoms with E-state index in [-0.39, 0.29) is 24.5 Å². The fourth-order valence-corrected chi connectivity index (χ4v) is 2.10. The van der Waals surface area contributed by atoms with E-state index in [0.717, 1.165) is 11.3 Å². The summed E-state index contributed by atoms with van der Waals surface area (Å²) in [5, 5.41) is 0. The van der Waals surface area contributed by atoms with Crippen molar-refractivity contribution >= 4 is 5.91 Å². The fraction of sp³-hybridized carbons (Fsp3) is 0.462. The molecule has 0 bridgehead atoms. The van der Waals surface area contributed by atoms with Gasteiger partial charge in [0.05, 0.1) is 13.7 Å². The largest absolute Gasteiger partial charge is 0.497 e. The van der Waals surface area contributed by atoms with E-state index >= 15 is 0 Å². The summed E-state index contributed by atoms with van der Waals surface area (Å²) in [4.78, 5) is 12.8. The van der Waals surface area contributed by atoms with Crippen LogP contribution < -0.4 is 16.2 Å². The average molecular weight is 251 g/mol. The molecule has 0 aliphatic heterocycles. The highest BCUT2D eigenvalue weighted by atomic mass is 16.5. The summed E-state index contributed by atoms with van der Waals surface area (Å²) in [6, 6.07) is 7.49. The van der Waals surface area contributed by atoms with Gasteiger partial charge in [-0.1, -0.05) is 12.1 Å². The number of nitrogens with zero attached hydrogens (tertiary/aromatic N) is 1. The third kappa shape index (κ3) is 3.72. The molecule has 0 spiro atoms. The molecule has 1 aromatic rings. The van der Waals surface area contributed by atoms with Gasteiger partial charge in [0.15, 0.2) is 0 Å². The van der Waals surface area contributed by atoms with Gasteiger partial charge in [0, 0.05) is 12.1 Å². The van der Waals surface area contributed by atoms with Crippen molar-refractivity contribution in [3.8, 4) is 5.75 Å². The molecule has 0 radical (unpaired) electrons. The molecule has 2 unspecified atom stereocenters. The van der Waals surface area contributed by atoms with E-state index in [9.17, 15) is 4.79 Å².